The molecule has 0 radical (unpaired) electrons. The van der Waals surface area contributed by atoms with Gasteiger partial charge in [-0.05, 0) is 31.9 Å². The summed E-state index contributed by atoms with van der Waals surface area (Å²) in [7, 11) is 0. The summed E-state index contributed by atoms with van der Waals surface area (Å²) in [6, 6.07) is 5.84. The molecule has 1 fully saturated rings. The van der Waals surface area contributed by atoms with Crippen LogP contribution in [0.5, 0.6) is 0 Å². The molecular formula is C18H21N5O5. The predicted octanol–water partition coefficient (Wildman–Crippen LogP) is 2.34. The number of aromatic nitrogens is 2. The molecule has 3 rings (SSSR count). The molecule has 2 amide bonds. The lowest BCUT2D eigenvalue weighted by Gasteiger charge is -2.31. The van der Waals surface area contributed by atoms with Crippen LogP contribution in [0.15, 0.2) is 30.5 Å². The van der Waals surface area contributed by atoms with Crippen LogP contribution in [-0.4, -0.2) is 57.8 Å². The van der Waals surface area contributed by atoms with E-state index in [4.69, 9.17) is 4.74 Å². The number of ether oxygens (including phenoxy) is 1. The van der Waals surface area contributed by atoms with E-state index in [1.165, 1.54) is 18.3 Å². The van der Waals surface area contributed by atoms with Gasteiger partial charge in [0.2, 0.25) is 0 Å². The van der Waals surface area contributed by atoms with E-state index in [-0.39, 0.29) is 23.7 Å². The standard InChI is InChI=1S/C18H21N5O5/c1-2-28-18(25)22-9-7-13(8-10-22)20-17(24)15-11-19-21-16(15)12-3-5-14(6-4-12)23(26)27/h3-6,11,13H,2,7-10H2,1H3,(H,19,21)(H,20,24). The molecule has 0 bridgehead atoms. The van der Waals surface area contributed by atoms with Crippen molar-refractivity contribution < 1.29 is 19.2 Å². The first-order chi connectivity index (χ1) is 13.5. The lowest BCUT2D eigenvalue weighted by molar-refractivity contribution is -0.384. The first-order valence-electron chi connectivity index (χ1n) is 9.00. The van der Waals surface area contributed by atoms with Gasteiger partial charge in [-0.1, -0.05) is 0 Å². The number of nitro groups is 1. The summed E-state index contributed by atoms with van der Waals surface area (Å²) in [5.41, 5.74) is 1.46. The Hall–Kier alpha value is -3.43. The Balaban J connectivity index is 1.63. The molecule has 1 aliphatic heterocycles. The SMILES string of the molecule is CCOC(=O)N1CCC(NC(=O)c2cn[nH]c2-c2ccc([N+](=O)[O-])cc2)CC1. The van der Waals surface area contributed by atoms with Crippen LogP contribution < -0.4 is 5.32 Å². The summed E-state index contributed by atoms with van der Waals surface area (Å²) in [6.45, 7) is 3.13. The van der Waals surface area contributed by atoms with Crippen LogP contribution in [0.2, 0.25) is 0 Å². The van der Waals surface area contributed by atoms with Gasteiger partial charge in [-0.25, -0.2) is 4.79 Å². The highest BCUT2D eigenvalue weighted by atomic mass is 16.6. The van der Waals surface area contributed by atoms with E-state index in [0.717, 1.165) is 0 Å². The highest BCUT2D eigenvalue weighted by molar-refractivity contribution is 5.99. The number of nitro benzene ring substituents is 1. The largest absolute Gasteiger partial charge is 0.450 e. The molecule has 0 atom stereocenters. The molecule has 1 aromatic carbocycles. The maximum Gasteiger partial charge on any atom is 0.409 e. The third kappa shape index (κ3) is 4.27. The van der Waals surface area contributed by atoms with Crippen LogP contribution in [0.4, 0.5) is 10.5 Å². The van der Waals surface area contributed by atoms with E-state index >= 15 is 0 Å². The lowest BCUT2D eigenvalue weighted by Crippen LogP contribution is -2.46. The zero-order chi connectivity index (χ0) is 20.1. The van der Waals surface area contributed by atoms with Gasteiger partial charge in [-0.2, -0.15) is 5.10 Å². The molecule has 2 heterocycles. The number of benzene rings is 1. The number of non-ortho nitro benzene ring substituents is 1. The fourth-order valence-corrected chi connectivity index (χ4v) is 3.11. The van der Waals surface area contributed by atoms with Crippen LogP contribution in [0.1, 0.15) is 30.1 Å². The van der Waals surface area contributed by atoms with Crippen LogP contribution in [0.3, 0.4) is 0 Å². The number of hydrogen-bond acceptors (Lipinski definition) is 6. The molecule has 0 saturated carbocycles. The Bertz CT molecular complexity index is 856. The minimum atomic E-state index is -0.479. The van der Waals surface area contributed by atoms with Crippen molar-refractivity contribution in [2.45, 2.75) is 25.8 Å². The van der Waals surface area contributed by atoms with Gasteiger partial charge in [0.1, 0.15) is 0 Å². The van der Waals surface area contributed by atoms with Crippen molar-refractivity contribution in [1.82, 2.24) is 20.4 Å². The molecule has 10 nitrogen and oxygen atoms in total. The number of aromatic amines is 1. The maximum absolute atomic E-state index is 12.7. The summed E-state index contributed by atoms with van der Waals surface area (Å²) in [5, 5.41) is 20.5. The van der Waals surface area contributed by atoms with Crippen molar-refractivity contribution in [1.29, 1.82) is 0 Å². The molecular weight excluding hydrogens is 366 g/mol. The molecule has 2 aromatic rings. The van der Waals surface area contributed by atoms with Crippen molar-refractivity contribution in [3.05, 3.63) is 46.1 Å². The van der Waals surface area contributed by atoms with E-state index < -0.39 is 4.92 Å². The fraction of sp³-hybridized carbons (Fsp3) is 0.389. The van der Waals surface area contributed by atoms with Crippen molar-refractivity contribution in [2.24, 2.45) is 0 Å². The molecule has 0 aliphatic carbocycles. The summed E-state index contributed by atoms with van der Waals surface area (Å²) in [5.74, 6) is -0.281. The number of piperidine rings is 1. The fourth-order valence-electron chi connectivity index (χ4n) is 3.11. The second-order valence-corrected chi connectivity index (χ2v) is 6.40. The first kappa shape index (κ1) is 19.3. The number of nitrogens with one attached hydrogen (secondary N) is 2. The summed E-state index contributed by atoms with van der Waals surface area (Å²) in [6.07, 6.45) is 2.37. The van der Waals surface area contributed by atoms with Crippen LogP contribution >= 0.6 is 0 Å². The number of H-pyrrole nitrogens is 1. The van der Waals surface area contributed by atoms with Gasteiger partial charge >= 0.3 is 6.09 Å². The molecule has 1 saturated heterocycles. The zero-order valence-corrected chi connectivity index (χ0v) is 15.4. The average molecular weight is 387 g/mol. The van der Waals surface area contributed by atoms with Crippen molar-refractivity contribution in [2.75, 3.05) is 19.7 Å². The van der Waals surface area contributed by atoms with Gasteiger partial charge in [-0.3, -0.25) is 20.0 Å². The van der Waals surface area contributed by atoms with E-state index in [2.05, 4.69) is 15.5 Å². The lowest BCUT2D eigenvalue weighted by atomic mass is 10.0. The highest BCUT2D eigenvalue weighted by Crippen LogP contribution is 2.24. The first-order valence-corrected chi connectivity index (χ1v) is 9.00. The quantitative estimate of drug-likeness (QED) is 0.598. The molecule has 148 valence electrons. The third-order valence-corrected chi connectivity index (χ3v) is 4.61. The van der Waals surface area contributed by atoms with Crippen molar-refractivity contribution in [3.63, 3.8) is 0 Å². The van der Waals surface area contributed by atoms with Crippen LogP contribution in [0.25, 0.3) is 11.3 Å². The summed E-state index contributed by atoms with van der Waals surface area (Å²) in [4.78, 5) is 36.4. The second-order valence-electron chi connectivity index (χ2n) is 6.40. The van der Waals surface area contributed by atoms with Crippen molar-refractivity contribution >= 4 is 17.7 Å². The normalized spacial score (nSPS) is 14.5. The van der Waals surface area contributed by atoms with Gasteiger partial charge < -0.3 is 15.0 Å². The molecule has 0 spiro atoms. The molecule has 10 heteroatoms. The van der Waals surface area contributed by atoms with Gasteiger partial charge in [-0.15, -0.1) is 0 Å². The van der Waals surface area contributed by atoms with Gasteiger partial charge in [0.05, 0.1) is 29.0 Å². The van der Waals surface area contributed by atoms with E-state index in [1.807, 2.05) is 0 Å². The number of rotatable bonds is 5. The van der Waals surface area contributed by atoms with Crippen LogP contribution in [0, 0.1) is 10.1 Å². The summed E-state index contributed by atoms with van der Waals surface area (Å²) >= 11 is 0. The topological polar surface area (TPSA) is 130 Å². The Morgan fingerprint density at radius 3 is 2.61 bits per heavy atom. The Morgan fingerprint density at radius 1 is 1.32 bits per heavy atom. The Labute approximate surface area is 161 Å². The van der Waals surface area contributed by atoms with Gasteiger partial charge in [0.15, 0.2) is 0 Å². The second kappa shape index (κ2) is 8.51. The monoisotopic (exact) mass is 387 g/mol. The number of likely N-dealkylation sites (tertiary alicyclic amines) is 1. The number of nitrogens with zero attached hydrogens (tertiary/aromatic N) is 3. The zero-order valence-electron chi connectivity index (χ0n) is 15.4. The Morgan fingerprint density at radius 2 is 2.00 bits per heavy atom. The predicted molar refractivity (Wildman–Crippen MR) is 99.8 cm³/mol. The van der Waals surface area contributed by atoms with E-state index in [0.29, 0.717) is 49.4 Å². The van der Waals surface area contributed by atoms with E-state index in [1.54, 1.807) is 24.0 Å². The molecule has 2 N–H and O–H groups in total. The minimum Gasteiger partial charge on any atom is -0.450 e. The van der Waals surface area contributed by atoms with Gasteiger partial charge in [0, 0.05) is 36.8 Å². The van der Waals surface area contributed by atoms with E-state index in [9.17, 15) is 19.7 Å². The average Bonchev–Trinajstić information content (AvgIpc) is 3.19. The third-order valence-electron chi connectivity index (χ3n) is 4.61. The molecule has 0 unspecified atom stereocenters. The number of amides is 2. The molecule has 1 aliphatic rings. The highest BCUT2D eigenvalue weighted by Gasteiger charge is 2.26. The molecule has 28 heavy (non-hydrogen) atoms. The summed E-state index contributed by atoms with van der Waals surface area (Å²) < 4.78 is 4.99. The number of carbonyl (C=O) groups excluding carboxylic acids is 2. The number of carbonyl (C=O) groups is 2. The smallest absolute Gasteiger partial charge is 0.409 e. The molecule has 1 aromatic heterocycles. The maximum atomic E-state index is 12.7. The number of hydrogen-bond donors (Lipinski definition) is 2. The Kier molecular flexibility index (Phi) is 5.87. The van der Waals surface area contributed by atoms with Gasteiger partial charge in [0.25, 0.3) is 11.6 Å². The minimum absolute atomic E-state index is 0.0253. The van der Waals surface area contributed by atoms with Crippen LogP contribution in [-0.2, 0) is 4.74 Å². The van der Waals surface area contributed by atoms with Crippen molar-refractivity contribution in [3.8, 4) is 11.3 Å².